The van der Waals surface area contributed by atoms with Gasteiger partial charge in [0, 0.05) is 37.2 Å². The van der Waals surface area contributed by atoms with E-state index < -0.39 is 0 Å². The van der Waals surface area contributed by atoms with Crippen LogP contribution in [0.4, 0.5) is 5.69 Å². The quantitative estimate of drug-likeness (QED) is 0.305. The molecule has 1 aliphatic heterocycles. The number of fused-ring (bicyclic) bond motifs is 1. The third-order valence-electron chi connectivity index (χ3n) is 4.93. The largest absolute Gasteiger partial charge is 0.490 e. The number of halogens is 1. The summed E-state index contributed by atoms with van der Waals surface area (Å²) < 4.78 is 11.4. The summed E-state index contributed by atoms with van der Waals surface area (Å²) in [7, 11) is 0. The Kier molecular flexibility index (Phi) is 10.4. The number of carbonyl (C=O) groups excluding carboxylic acids is 1. The summed E-state index contributed by atoms with van der Waals surface area (Å²) in [6, 6.07) is 6.11. The second kappa shape index (κ2) is 12.8. The van der Waals surface area contributed by atoms with E-state index in [4.69, 9.17) is 9.47 Å². The first-order chi connectivity index (χ1) is 13.7. The number of aliphatic imine (C=N–C) groups is 1. The van der Waals surface area contributed by atoms with Gasteiger partial charge in [0.1, 0.15) is 0 Å². The molecule has 1 aliphatic carbocycles. The van der Waals surface area contributed by atoms with E-state index in [1.807, 2.05) is 25.1 Å². The Morgan fingerprint density at radius 1 is 1.10 bits per heavy atom. The SMILES string of the molecule is CCNC(=NCCC(=O)NC1CCCCC1)Nc1ccc2c(c1)OCCCO2.I. The molecule has 0 radical (unpaired) electrons. The van der Waals surface area contributed by atoms with Crippen molar-refractivity contribution in [3.63, 3.8) is 0 Å². The summed E-state index contributed by atoms with van der Waals surface area (Å²) in [6.45, 7) is 4.53. The van der Waals surface area contributed by atoms with Crippen molar-refractivity contribution >= 4 is 41.5 Å². The fraction of sp³-hybridized carbons (Fsp3) is 0.619. The Balaban J connectivity index is 0.00000300. The third-order valence-corrected chi connectivity index (χ3v) is 4.93. The first-order valence-corrected chi connectivity index (χ1v) is 10.5. The van der Waals surface area contributed by atoms with E-state index in [-0.39, 0.29) is 29.9 Å². The lowest BCUT2D eigenvalue weighted by Crippen LogP contribution is -2.36. The lowest BCUT2D eigenvalue weighted by Gasteiger charge is -2.22. The van der Waals surface area contributed by atoms with Crippen molar-refractivity contribution in [1.29, 1.82) is 0 Å². The van der Waals surface area contributed by atoms with Crippen LogP contribution in [0.5, 0.6) is 11.5 Å². The van der Waals surface area contributed by atoms with Crippen LogP contribution in [0.15, 0.2) is 23.2 Å². The van der Waals surface area contributed by atoms with E-state index in [1.165, 1.54) is 19.3 Å². The monoisotopic (exact) mass is 516 g/mol. The molecule has 162 valence electrons. The number of ether oxygens (including phenoxy) is 2. The van der Waals surface area contributed by atoms with Gasteiger partial charge in [0.05, 0.1) is 19.8 Å². The van der Waals surface area contributed by atoms with Gasteiger partial charge in [0.25, 0.3) is 0 Å². The van der Waals surface area contributed by atoms with Gasteiger partial charge in [0.15, 0.2) is 17.5 Å². The standard InChI is InChI=1S/C21H32N4O3.HI/c1-2-22-21(23-12-11-20(26)24-16-7-4-3-5-8-16)25-17-9-10-18-19(15-17)28-14-6-13-27-18;/h9-10,15-16H,2-8,11-14H2,1H3,(H,24,26)(H2,22,23,25);1H. The van der Waals surface area contributed by atoms with Crippen LogP contribution in [0.2, 0.25) is 0 Å². The summed E-state index contributed by atoms with van der Waals surface area (Å²) in [4.78, 5) is 16.7. The number of nitrogens with zero attached hydrogens (tertiary/aromatic N) is 1. The molecule has 1 amide bonds. The summed E-state index contributed by atoms with van der Waals surface area (Å²) in [5, 5.41) is 9.63. The zero-order chi connectivity index (χ0) is 19.6. The van der Waals surface area contributed by atoms with Crippen molar-refractivity contribution in [2.45, 2.75) is 57.9 Å². The van der Waals surface area contributed by atoms with E-state index in [9.17, 15) is 4.79 Å². The van der Waals surface area contributed by atoms with Crippen molar-refractivity contribution in [3.8, 4) is 11.5 Å². The summed E-state index contributed by atoms with van der Waals surface area (Å²) >= 11 is 0. The molecule has 1 aromatic carbocycles. The minimum atomic E-state index is 0. The lowest BCUT2D eigenvalue weighted by atomic mass is 9.95. The molecule has 0 atom stereocenters. The van der Waals surface area contributed by atoms with E-state index in [2.05, 4.69) is 20.9 Å². The molecule has 29 heavy (non-hydrogen) atoms. The molecule has 1 heterocycles. The Morgan fingerprint density at radius 2 is 1.86 bits per heavy atom. The molecule has 8 heteroatoms. The fourth-order valence-electron chi connectivity index (χ4n) is 3.50. The van der Waals surface area contributed by atoms with Gasteiger partial charge in [0.2, 0.25) is 5.91 Å². The van der Waals surface area contributed by atoms with Crippen molar-refractivity contribution in [3.05, 3.63) is 18.2 Å². The Hall–Kier alpha value is -1.71. The Morgan fingerprint density at radius 3 is 2.62 bits per heavy atom. The number of benzene rings is 1. The van der Waals surface area contributed by atoms with Crippen LogP contribution < -0.4 is 25.4 Å². The molecule has 0 spiro atoms. The lowest BCUT2D eigenvalue weighted by molar-refractivity contribution is -0.121. The molecule has 3 rings (SSSR count). The molecule has 7 nitrogen and oxygen atoms in total. The number of hydrogen-bond donors (Lipinski definition) is 3. The van der Waals surface area contributed by atoms with Gasteiger partial charge >= 0.3 is 0 Å². The van der Waals surface area contributed by atoms with Crippen LogP contribution >= 0.6 is 24.0 Å². The van der Waals surface area contributed by atoms with Gasteiger partial charge < -0.3 is 25.4 Å². The van der Waals surface area contributed by atoms with Crippen LogP contribution in [-0.2, 0) is 4.79 Å². The van der Waals surface area contributed by atoms with Crippen molar-refractivity contribution < 1.29 is 14.3 Å². The maximum Gasteiger partial charge on any atom is 0.222 e. The number of nitrogens with one attached hydrogen (secondary N) is 3. The highest BCUT2D eigenvalue weighted by atomic mass is 127. The maximum atomic E-state index is 12.2. The van der Waals surface area contributed by atoms with Crippen molar-refractivity contribution in [2.75, 3.05) is 31.6 Å². The molecular formula is C21H33IN4O3. The van der Waals surface area contributed by atoms with Gasteiger partial charge in [-0.3, -0.25) is 9.79 Å². The minimum Gasteiger partial charge on any atom is -0.490 e. The van der Waals surface area contributed by atoms with E-state index >= 15 is 0 Å². The molecule has 1 fully saturated rings. The number of carbonyl (C=O) groups is 1. The third kappa shape index (κ3) is 7.91. The summed E-state index contributed by atoms with van der Waals surface area (Å²) in [5.41, 5.74) is 0.871. The Labute approximate surface area is 190 Å². The van der Waals surface area contributed by atoms with Crippen LogP contribution in [0.25, 0.3) is 0 Å². The second-order valence-electron chi connectivity index (χ2n) is 7.25. The first-order valence-electron chi connectivity index (χ1n) is 10.5. The van der Waals surface area contributed by atoms with E-state index in [1.54, 1.807) is 0 Å². The predicted molar refractivity (Wildman–Crippen MR) is 127 cm³/mol. The number of anilines is 1. The number of amides is 1. The number of hydrogen-bond acceptors (Lipinski definition) is 4. The van der Waals surface area contributed by atoms with Gasteiger partial charge in [-0.25, -0.2) is 0 Å². The average molecular weight is 516 g/mol. The predicted octanol–water partition coefficient (Wildman–Crippen LogP) is 3.68. The molecule has 1 saturated carbocycles. The molecule has 0 unspecified atom stereocenters. The molecular weight excluding hydrogens is 483 g/mol. The fourth-order valence-corrected chi connectivity index (χ4v) is 3.50. The van der Waals surface area contributed by atoms with E-state index in [0.717, 1.165) is 43.0 Å². The molecule has 0 aromatic heterocycles. The minimum absolute atomic E-state index is 0. The van der Waals surface area contributed by atoms with Crippen LogP contribution in [0.3, 0.4) is 0 Å². The van der Waals surface area contributed by atoms with Crippen LogP contribution in [-0.4, -0.2) is 44.2 Å². The van der Waals surface area contributed by atoms with Gasteiger partial charge in [-0.2, -0.15) is 0 Å². The highest BCUT2D eigenvalue weighted by Crippen LogP contribution is 2.32. The highest BCUT2D eigenvalue weighted by molar-refractivity contribution is 14.0. The molecule has 3 N–H and O–H groups in total. The smallest absolute Gasteiger partial charge is 0.222 e. The average Bonchev–Trinajstić information content (AvgIpc) is 2.94. The van der Waals surface area contributed by atoms with Gasteiger partial charge in [-0.05, 0) is 31.9 Å². The summed E-state index contributed by atoms with van der Waals surface area (Å²) in [6.07, 6.45) is 7.19. The highest BCUT2D eigenvalue weighted by Gasteiger charge is 2.15. The Bertz CT molecular complexity index is 678. The van der Waals surface area contributed by atoms with Crippen molar-refractivity contribution in [2.24, 2.45) is 4.99 Å². The zero-order valence-electron chi connectivity index (χ0n) is 17.2. The molecule has 0 saturated heterocycles. The van der Waals surface area contributed by atoms with Crippen molar-refractivity contribution in [1.82, 2.24) is 10.6 Å². The maximum absolute atomic E-state index is 12.2. The first kappa shape index (κ1) is 23.6. The summed E-state index contributed by atoms with van der Waals surface area (Å²) in [5.74, 6) is 2.25. The van der Waals surface area contributed by atoms with E-state index in [0.29, 0.717) is 38.2 Å². The zero-order valence-corrected chi connectivity index (χ0v) is 19.5. The normalized spacial score (nSPS) is 16.9. The molecule has 2 aliphatic rings. The topological polar surface area (TPSA) is 84.0 Å². The second-order valence-corrected chi connectivity index (χ2v) is 7.25. The number of guanidine groups is 1. The number of rotatable bonds is 6. The van der Waals surface area contributed by atoms with Gasteiger partial charge in [-0.15, -0.1) is 24.0 Å². The van der Waals surface area contributed by atoms with Gasteiger partial charge in [-0.1, -0.05) is 19.3 Å². The van der Waals surface area contributed by atoms with Crippen LogP contribution in [0, 0.1) is 0 Å². The van der Waals surface area contributed by atoms with Crippen LogP contribution in [0.1, 0.15) is 51.9 Å². The molecule has 0 bridgehead atoms. The molecule has 1 aromatic rings.